The van der Waals surface area contributed by atoms with Crippen LogP contribution in [0.2, 0.25) is 0 Å². The Hall–Kier alpha value is -2.23. The molecule has 3 heterocycles. The molecule has 0 aromatic heterocycles. The van der Waals surface area contributed by atoms with Gasteiger partial charge in [-0.15, -0.1) is 0 Å². The van der Waals surface area contributed by atoms with Gasteiger partial charge in [0.15, 0.2) is 5.78 Å². The van der Waals surface area contributed by atoms with Crippen molar-refractivity contribution in [1.82, 2.24) is 4.90 Å². The molecule has 12 heteroatoms. The number of hydrogen-bond donors (Lipinski definition) is 1. The van der Waals surface area contributed by atoms with E-state index in [2.05, 4.69) is 76.3 Å². The zero-order valence-electron chi connectivity index (χ0n) is 41.8. The van der Waals surface area contributed by atoms with Crippen molar-refractivity contribution >= 4 is 46.0 Å². The monoisotopic (exact) mass is 1020 g/mol. The van der Waals surface area contributed by atoms with Crippen LogP contribution in [0.5, 0.6) is 0 Å². The zero-order chi connectivity index (χ0) is 48.2. The fourth-order valence-corrected chi connectivity index (χ4v) is 11.4. The van der Waals surface area contributed by atoms with Gasteiger partial charge in [0, 0.05) is 56.0 Å². The van der Waals surface area contributed by atoms with Gasteiger partial charge in [0.05, 0.1) is 18.3 Å². The summed E-state index contributed by atoms with van der Waals surface area (Å²) in [4.78, 5) is 58.4. The lowest BCUT2D eigenvalue weighted by Gasteiger charge is -2.43. The number of carbonyl (C=O) groups excluding carboxylic acids is 4. The highest BCUT2D eigenvalue weighted by Gasteiger charge is 2.53. The van der Waals surface area contributed by atoms with Crippen LogP contribution in [-0.4, -0.2) is 108 Å². The third-order valence-corrected chi connectivity index (χ3v) is 17.0. The largest absolute Gasteiger partial charge is 0.461 e. The second-order valence-corrected chi connectivity index (χ2v) is 22.1. The SMILES string of the molecule is CO[C@H]1CC2CC[C@@H](C)[C@@](O)(O2)C(=O)C(=O)N2CCCC[C@H]2C(=O)O[C@H]([C@H](C)C[C@@H]2CC[C@@H](C)[C@H](OC)C2)C[C@H](I)[C@H](C)/C=C(\C)[C@@H](C)[C@@H](OC)C(=O)[C@H](C)C[C@H](C)/C=C/C=CC=C1C. The van der Waals surface area contributed by atoms with Crippen LogP contribution < -0.4 is 0 Å². The standard InChI is InChI=1S/C53H84INO10/c1-32-18-14-13-15-19-33(2)46(62-11)30-42-24-22-39(8)53(60,65-42)50(57)51(58)55-25-17-16-20-44(55)52(59)64-47(37(6)28-41-23-21-34(3)45(29-41)61-10)31-43(54)36(5)27-35(4)40(9)49(63-12)48(56)38(7)26-32/h13-15,18-19,27,32,34,36-47,49,60H,16-17,20-26,28-31H2,1-12H3/b15-13?,18-14+,33-19?,35-27+/t32-,34-,36-,37-,38-,39-,40-,41+,42?,43+,44+,45-,46+,47+,49-,53-/m1/s1. The number of ether oxygens (including phenoxy) is 5. The number of allylic oxidation sites excluding steroid dienone is 6. The van der Waals surface area contributed by atoms with Crippen LogP contribution in [0.3, 0.4) is 0 Å². The maximum atomic E-state index is 14.5. The molecule has 3 fully saturated rings. The Morgan fingerprint density at radius 1 is 0.846 bits per heavy atom. The van der Waals surface area contributed by atoms with E-state index < -0.39 is 53.7 Å². The Kier molecular flexibility index (Phi) is 22.1. The van der Waals surface area contributed by atoms with Crippen LogP contribution in [0.4, 0.5) is 0 Å². The highest BCUT2D eigenvalue weighted by atomic mass is 127. The number of esters is 1. The highest BCUT2D eigenvalue weighted by molar-refractivity contribution is 14.1. The number of hydrogen-bond acceptors (Lipinski definition) is 10. The highest BCUT2D eigenvalue weighted by Crippen LogP contribution is 2.39. The van der Waals surface area contributed by atoms with E-state index in [0.29, 0.717) is 63.2 Å². The van der Waals surface area contributed by atoms with Gasteiger partial charge in [0.1, 0.15) is 18.2 Å². The molecular weight excluding hydrogens is 937 g/mol. The molecule has 0 radical (unpaired) electrons. The molecule has 0 aromatic carbocycles. The molecule has 65 heavy (non-hydrogen) atoms. The van der Waals surface area contributed by atoms with Crippen molar-refractivity contribution in [3.05, 3.63) is 47.6 Å². The van der Waals surface area contributed by atoms with Gasteiger partial charge in [-0.05, 0) is 120 Å². The van der Waals surface area contributed by atoms with Crippen molar-refractivity contribution < 1.29 is 48.0 Å². The molecule has 2 saturated heterocycles. The normalized spacial score (nSPS) is 40.2. The number of piperidine rings is 1. The maximum absolute atomic E-state index is 14.5. The number of aliphatic hydroxyl groups is 1. The van der Waals surface area contributed by atoms with E-state index in [0.717, 1.165) is 36.8 Å². The van der Waals surface area contributed by atoms with E-state index in [-0.39, 0.29) is 58.1 Å². The van der Waals surface area contributed by atoms with Crippen LogP contribution in [0.15, 0.2) is 47.6 Å². The van der Waals surface area contributed by atoms with Gasteiger partial charge < -0.3 is 33.7 Å². The number of nitrogens with zero attached hydrogens (tertiary/aromatic N) is 1. The molecule has 0 spiro atoms. The minimum absolute atomic E-state index is 0.0101. The molecule has 4 rings (SSSR count). The van der Waals surface area contributed by atoms with Gasteiger partial charge in [-0.3, -0.25) is 14.4 Å². The van der Waals surface area contributed by atoms with E-state index in [1.54, 1.807) is 28.3 Å². The number of fused-ring (bicyclic) bond motifs is 3. The lowest BCUT2D eigenvalue weighted by atomic mass is 9.76. The first-order chi connectivity index (χ1) is 30.7. The zero-order valence-corrected chi connectivity index (χ0v) is 43.9. The smallest absolute Gasteiger partial charge is 0.329 e. The number of rotatable bonds is 6. The quantitative estimate of drug-likeness (QED) is 0.0900. The van der Waals surface area contributed by atoms with Crippen molar-refractivity contribution in [3.8, 4) is 0 Å². The fraction of sp³-hybridized carbons (Fsp3) is 0.774. The summed E-state index contributed by atoms with van der Waals surface area (Å²) >= 11 is 2.47. The van der Waals surface area contributed by atoms with Crippen LogP contribution in [0.1, 0.15) is 139 Å². The predicted octanol–water partition coefficient (Wildman–Crippen LogP) is 9.97. The summed E-state index contributed by atoms with van der Waals surface area (Å²) in [5.74, 6) is -4.57. The summed E-state index contributed by atoms with van der Waals surface area (Å²) in [5.41, 5.74) is 2.00. The van der Waals surface area contributed by atoms with Crippen molar-refractivity contribution in [2.24, 2.45) is 47.3 Å². The first-order valence-corrected chi connectivity index (χ1v) is 25.9. The number of alkyl halides is 1. The summed E-state index contributed by atoms with van der Waals surface area (Å²) < 4.78 is 30.5. The number of Topliss-reactive ketones (excluding diaryl/α,β-unsaturated/α-hetero) is 2. The minimum Gasteiger partial charge on any atom is -0.461 e. The van der Waals surface area contributed by atoms with Crippen LogP contribution >= 0.6 is 22.6 Å². The van der Waals surface area contributed by atoms with Crippen LogP contribution in [0, 0.1) is 47.3 Å². The van der Waals surface area contributed by atoms with Crippen molar-refractivity contribution in [3.63, 3.8) is 0 Å². The predicted molar refractivity (Wildman–Crippen MR) is 264 cm³/mol. The molecule has 1 aliphatic carbocycles. The molecule has 0 aromatic rings. The van der Waals surface area contributed by atoms with Gasteiger partial charge >= 0.3 is 5.97 Å². The molecule has 11 nitrogen and oxygen atoms in total. The molecule has 4 aliphatic rings. The molecule has 2 bridgehead atoms. The van der Waals surface area contributed by atoms with Gasteiger partial charge in [-0.2, -0.15) is 0 Å². The fourth-order valence-electron chi connectivity index (χ4n) is 10.7. The molecule has 16 atom stereocenters. The Bertz CT molecular complexity index is 1710. The van der Waals surface area contributed by atoms with Crippen molar-refractivity contribution in [2.45, 2.75) is 186 Å². The summed E-state index contributed by atoms with van der Waals surface area (Å²) in [7, 11) is 5.02. The topological polar surface area (TPSA) is 138 Å². The molecular formula is C53H84INO10. The Morgan fingerprint density at radius 3 is 2.25 bits per heavy atom. The Morgan fingerprint density at radius 2 is 1.57 bits per heavy atom. The molecule has 3 aliphatic heterocycles. The molecule has 1 amide bonds. The third-order valence-electron chi connectivity index (χ3n) is 15.4. The van der Waals surface area contributed by atoms with Gasteiger partial charge in [-0.25, -0.2) is 4.79 Å². The first kappa shape index (κ1) is 55.4. The lowest BCUT2D eigenvalue weighted by Crippen LogP contribution is -2.61. The van der Waals surface area contributed by atoms with Gasteiger partial charge in [0.2, 0.25) is 5.79 Å². The third kappa shape index (κ3) is 14.9. The second kappa shape index (κ2) is 25.9. The van der Waals surface area contributed by atoms with E-state index in [1.165, 1.54) is 4.90 Å². The first-order valence-electron chi connectivity index (χ1n) is 24.7. The average molecular weight is 1020 g/mol. The van der Waals surface area contributed by atoms with E-state index in [9.17, 15) is 24.3 Å². The molecule has 368 valence electrons. The van der Waals surface area contributed by atoms with E-state index in [1.807, 2.05) is 38.2 Å². The van der Waals surface area contributed by atoms with E-state index in [4.69, 9.17) is 23.7 Å². The van der Waals surface area contributed by atoms with Crippen LogP contribution in [-0.2, 0) is 42.9 Å². The average Bonchev–Trinajstić information content (AvgIpc) is 3.28. The van der Waals surface area contributed by atoms with Crippen LogP contribution in [0.25, 0.3) is 0 Å². The van der Waals surface area contributed by atoms with Gasteiger partial charge in [-0.1, -0.05) is 113 Å². The number of methoxy groups -OCH3 is 3. The van der Waals surface area contributed by atoms with Crippen molar-refractivity contribution in [1.29, 1.82) is 0 Å². The number of halogens is 1. The second-order valence-electron chi connectivity index (χ2n) is 20.5. The number of cyclic esters (lactones) is 1. The summed E-state index contributed by atoms with van der Waals surface area (Å²) in [6.45, 7) is 18.7. The maximum Gasteiger partial charge on any atom is 0.329 e. The molecule has 1 N–H and O–H groups in total. The lowest BCUT2D eigenvalue weighted by molar-refractivity contribution is -0.265. The number of ketones is 2. The Labute approximate surface area is 405 Å². The summed E-state index contributed by atoms with van der Waals surface area (Å²) in [6, 6.07) is -0.965. The molecule has 1 unspecified atom stereocenters. The summed E-state index contributed by atoms with van der Waals surface area (Å²) in [6.07, 6.45) is 18.8. The summed E-state index contributed by atoms with van der Waals surface area (Å²) in [5, 5.41) is 12.0. The Balaban J connectivity index is 1.70. The van der Waals surface area contributed by atoms with Gasteiger partial charge in [0.25, 0.3) is 11.7 Å². The van der Waals surface area contributed by atoms with E-state index >= 15 is 0 Å². The number of carbonyl (C=O) groups is 4. The minimum atomic E-state index is -2.35. The number of amides is 1. The van der Waals surface area contributed by atoms with Crippen molar-refractivity contribution in [2.75, 3.05) is 27.9 Å². The molecule has 1 saturated carbocycles.